The minimum Gasteiger partial charge on any atom is -0.383 e. The summed E-state index contributed by atoms with van der Waals surface area (Å²) >= 11 is 0. The fraction of sp³-hybridized carbons (Fsp3) is 0.320. The van der Waals surface area contributed by atoms with Crippen molar-refractivity contribution in [1.82, 2.24) is 14.2 Å². The number of nitrogens with two attached hydrogens (primary N) is 2. The molecule has 3 aromatic rings. The molecule has 2 aromatic carbocycles. The first-order valence-corrected chi connectivity index (χ1v) is 13.1. The molecule has 0 spiro atoms. The van der Waals surface area contributed by atoms with Crippen LogP contribution < -0.4 is 11.5 Å². The lowest BCUT2D eigenvalue weighted by Crippen LogP contribution is -2.50. The molecule has 1 aromatic heterocycles. The zero-order valence-corrected chi connectivity index (χ0v) is 20.3. The van der Waals surface area contributed by atoms with Crippen LogP contribution in [-0.4, -0.2) is 52.8 Å². The summed E-state index contributed by atoms with van der Waals surface area (Å²) < 4.78 is 28.0. The average molecular weight is 496 g/mol. The van der Waals surface area contributed by atoms with Gasteiger partial charge in [0.15, 0.2) is 0 Å². The number of aromatic nitrogens is 1. The van der Waals surface area contributed by atoms with Crippen LogP contribution in [0.25, 0.3) is 10.8 Å². The molecule has 1 aliphatic heterocycles. The van der Waals surface area contributed by atoms with Gasteiger partial charge in [-0.05, 0) is 48.4 Å². The standard InChI is InChI=1S/C25H29N5O4S/c1-2-35(33,34)30(16-17-10-11-20-19(15-17)12-13-28-23(20)26)22(18-7-4-3-5-8-18)25(32)29-14-6-9-21(29)24(27)31/h3-5,7-8,10-13,15,21-22H,2,6,9,14,16H2,1H3,(H2,26,28)(H2,27,31)/t21-,22+/m0/s1. The number of rotatable bonds is 8. The van der Waals surface area contributed by atoms with Crippen LogP contribution in [0.5, 0.6) is 0 Å². The van der Waals surface area contributed by atoms with Gasteiger partial charge in [-0.25, -0.2) is 13.4 Å². The molecule has 4 rings (SSSR count). The molecule has 0 radical (unpaired) electrons. The maximum Gasteiger partial charge on any atom is 0.246 e. The zero-order valence-electron chi connectivity index (χ0n) is 19.5. The van der Waals surface area contributed by atoms with Crippen LogP contribution in [0.3, 0.4) is 0 Å². The van der Waals surface area contributed by atoms with Gasteiger partial charge in [-0.1, -0.05) is 42.5 Å². The number of hydrogen-bond acceptors (Lipinski definition) is 6. The third-order valence-electron chi connectivity index (χ3n) is 6.42. The number of carbonyl (C=O) groups excluding carboxylic acids is 2. The Bertz CT molecular complexity index is 1350. The van der Waals surface area contributed by atoms with Crippen molar-refractivity contribution in [3.05, 3.63) is 71.9 Å². The zero-order chi connectivity index (χ0) is 25.2. The average Bonchev–Trinajstić information content (AvgIpc) is 3.35. The highest BCUT2D eigenvalue weighted by Crippen LogP contribution is 2.32. The van der Waals surface area contributed by atoms with Crippen molar-refractivity contribution in [3.8, 4) is 0 Å². The van der Waals surface area contributed by atoms with Gasteiger partial charge < -0.3 is 16.4 Å². The number of sulfonamides is 1. The molecule has 2 heterocycles. The highest BCUT2D eigenvalue weighted by atomic mass is 32.2. The first-order chi connectivity index (χ1) is 16.7. The minimum absolute atomic E-state index is 0.0330. The number of nitrogens with zero attached hydrogens (tertiary/aromatic N) is 3. The van der Waals surface area contributed by atoms with Crippen molar-refractivity contribution in [2.75, 3.05) is 18.0 Å². The van der Waals surface area contributed by atoms with Crippen molar-refractivity contribution >= 4 is 38.4 Å². The topological polar surface area (TPSA) is 140 Å². The second-order valence-electron chi connectivity index (χ2n) is 8.60. The van der Waals surface area contributed by atoms with Crippen LogP contribution in [0, 0.1) is 0 Å². The first kappa shape index (κ1) is 24.6. The van der Waals surface area contributed by atoms with Crippen molar-refractivity contribution in [3.63, 3.8) is 0 Å². The fourth-order valence-electron chi connectivity index (χ4n) is 4.60. The van der Waals surface area contributed by atoms with Crippen molar-refractivity contribution in [1.29, 1.82) is 0 Å². The molecule has 35 heavy (non-hydrogen) atoms. The van der Waals surface area contributed by atoms with Gasteiger partial charge in [0.1, 0.15) is 17.9 Å². The largest absolute Gasteiger partial charge is 0.383 e. The van der Waals surface area contributed by atoms with Crippen molar-refractivity contribution in [2.24, 2.45) is 5.73 Å². The summed E-state index contributed by atoms with van der Waals surface area (Å²) in [5, 5.41) is 1.58. The van der Waals surface area contributed by atoms with E-state index in [1.165, 1.54) is 9.21 Å². The van der Waals surface area contributed by atoms with E-state index in [-0.39, 0.29) is 12.3 Å². The Kier molecular flexibility index (Phi) is 7.04. The van der Waals surface area contributed by atoms with E-state index in [1.807, 2.05) is 6.07 Å². The Hall–Kier alpha value is -3.50. The van der Waals surface area contributed by atoms with Crippen LogP contribution in [0.15, 0.2) is 60.8 Å². The minimum atomic E-state index is -3.85. The molecule has 0 unspecified atom stereocenters. The Morgan fingerprint density at radius 2 is 1.91 bits per heavy atom. The molecule has 0 bridgehead atoms. The molecular weight excluding hydrogens is 466 g/mol. The van der Waals surface area contributed by atoms with E-state index < -0.39 is 33.9 Å². The molecule has 4 N–H and O–H groups in total. The van der Waals surface area contributed by atoms with E-state index in [0.717, 1.165) is 10.8 Å². The van der Waals surface area contributed by atoms with Gasteiger partial charge in [-0.2, -0.15) is 4.31 Å². The molecule has 0 saturated carbocycles. The molecule has 1 fully saturated rings. The van der Waals surface area contributed by atoms with Crippen LogP contribution in [0.2, 0.25) is 0 Å². The molecule has 1 saturated heterocycles. The van der Waals surface area contributed by atoms with Crippen LogP contribution >= 0.6 is 0 Å². The Morgan fingerprint density at radius 1 is 1.17 bits per heavy atom. The number of nitrogen functional groups attached to an aromatic ring is 1. The highest BCUT2D eigenvalue weighted by molar-refractivity contribution is 7.89. The predicted octanol–water partition coefficient (Wildman–Crippen LogP) is 2.19. The maximum absolute atomic E-state index is 13.9. The molecule has 184 valence electrons. The van der Waals surface area contributed by atoms with Gasteiger partial charge in [-0.3, -0.25) is 9.59 Å². The van der Waals surface area contributed by atoms with E-state index in [2.05, 4.69) is 4.98 Å². The molecule has 2 amide bonds. The van der Waals surface area contributed by atoms with Crippen LogP contribution in [0.4, 0.5) is 5.82 Å². The second kappa shape index (κ2) is 10.0. The number of hydrogen-bond donors (Lipinski definition) is 2. The fourth-order valence-corrected chi connectivity index (χ4v) is 5.81. The van der Waals surface area contributed by atoms with Gasteiger partial charge in [0.2, 0.25) is 21.8 Å². The van der Waals surface area contributed by atoms with Gasteiger partial charge in [0, 0.05) is 24.7 Å². The molecule has 9 nitrogen and oxygen atoms in total. The smallest absolute Gasteiger partial charge is 0.246 e. The van der Waals surface area contributed by atoms with E-state index in [4.69, 9.17) is 11.5 Å². The quantitative estimate of drug-likeness (QED) is 0.491. The Labute approximate surface area is 204 Å². The van der Waals surface area contributed by atoms with Gasteiger partial charge in [-0.15, -0.1) is 0 Å². The SMILES string of the molecule is CCS(=O)(=O)N(Cc1ccc2c(N)nccc2c1)[C@@H](C(=O)N1CCC[C@H]1C(N)=O)c1ccccc1. The maximum atomic E-state index is 13.9. The first-order valence-electron chi connectivity index (χ1n) is 11.5. The van der Waals surface area contributed by atoms with E-state index in [0.29, 0.717) is 36.3 Å². The molecule has 2 atom stereocenters. The lowest BCUT2D eigenvalue weighted by molar-refractivity contribution is -0.140. The van der Waals surface area contributed by atoms with Crippen molar-refractivity contribution < 1.29 is 18.0 Å². The molecular formula is C25H29N5O4S. The Balaban J connectivity index is 1.80. The number of fused-ring (bicyclic) bond motifs is 1. The summed E-state index contributed by atoms with van der Waals surface area (Å²) in [6.45, 7) is 1.86. The number of benzene rings is 2. The number of carbonyl (C=O) groups is 2. The summed E-state index contributed by atoms with van der Waals surface area (Å²) in [5.41, 5.74) is 12.7. The number of anilines is 1. The van der Waals surface area contributed by atoms with E-state index in [9.17, 15) is 18.0 Å². The third kappa shape index (κ3) is 4.98. The van der Waals surface area contributed by atoms with E-state index in [1.54, 1.807) is 61.7 Å². The van der Waals surface area contributed by atoms with E-state index >= 15 is 0 Å². The van der Waals surface area contributed by atoms with Crippen LogP contribution in [0.1, 0.15) is 36.9 Å². The van der Waals surface area contributed by atoms with Gasteiger partial charge >= 0.3 is 0 Å². The summed E-state index contributed by atoms with van der Waals surface area (Å²) in [7, 11) is -3.85. The number of amides is 2. The lowest BCUT2D eigenvalue weighted by atomic mass is 10.0. The van der Waals surface area contributed by atoms with Crippen molar-refractivity contribution in [2.45, 2.75) is 38.4 Å². The lowest BCUT2D eigenvalue weighted by Gasteiger charge is -2.34. The van der Waals surface area contributed by atoms with Gasteiger partial charge in [0.25, 0.3) is 0 Å². The Morgan fingerprint density at radius 3 is 2.60 bits per heavy atom. The summed E-state index contributed by atoms with van der Waals surface area (Å²) in [4.78, 5) is 31.4. The molecule has 1 aliphatic rings. The second-order valence-corrected chi connectivity index (χ2v) is 10.8. The molecule has 0 aliphatic carbocycles. The third-order valence-corrected chi connectivity index (χ3v) is 8.21. The van der Waals surface area contributed by atoms with Gasteiger partial charge in [0.05, 0.1) is 5.75 Å². The highest BCUT2D eigenvalue weighted by Gasteiger charge is 2.42. The number of pyridine rings is 1. The summed E-state index contributed by atoms with van der Waals surface area (Å²) in [6.07, 6.45) is 2.68. The number of primary amides is 1. The monoisotopic (exact) mass is 495 g/mol. The molecule has 10 heteroatoms. The van der Waals surface area contributed by atoms with Crippen LogP contribution in [-0.2, 0) is 26.2 Å². The normalized spacial score (nSPS) is 17.1. The number of likely N-dealkylation sites (tertiary alicyclic amines) is 1. The summed E-state index contributed by atoms with van der Waals surface area (Å²) in [5.74, 6) is -0.846. The predicted molar refractivity (Wildman–Crippen MR) is 134 cm³/mol. The summed E-state index contributed by atoms with van der Waals surface area (Å²) in [6, 6.07) is 14.1.